The Balaban J connectivity index is 0.000000480. The second-order valence-electron chi connectivity index (χ2n) is 14.6. The van der Waals surface area contributed by atoms with Crippen LogP contribution in [0.2, 0.25) is 0 Å². The van der Waals surface area contributed by atoms with E-state index in [-0.39, 0.29) is 36.8 Å². The quantitative estimate of drug-likeness (QED) is 0.185. The van der Waals surface area contributed by atoms with Crippen molar-refractivity contribution in [3.63, 3.8) is 0 Å². The molecule has 50 heavy (non-hydrogen) atoms. The van der Waals surface area contributed by atoms with Crippen molar-refractivity contribution in [1.82, 2.24) is 20.9 Å². The van der Waals surface area contributed by atoms with Crippen molar-refractivity contribution in [3.05, 3.63) is 29.8 Å². The number of Topliss-reactive ketones (excluding diaryl/α,β-unsaturated/α-hetero) is 1. The van der Waals surface area contributed by atoms with Crippen LogP contribution >= 0.6 is 0 Å². The van der Waals surface area contributed by atoms with Crippen molar-refractivity contribution in [2.45, 2.75) is 136 Å². The topological polar surface area (TPSA) is 186 Å². The number of methoxy groups -OCH3 is 1. The molecule has 3 atom stereocenters. The van der Waals surface area contributed by atoms with Crippen LogP contribution < -0.4 is 26.4 Å². The minimum absolute atomic E-state index is 0.0639. The lowest BCUT2D eigenvalue weighted by Gasteiger charge is -2.38. The van der Waals surface area contributed by atoms with Gasteiger partial charge >= 0.3 is 12.0 Å². The number of esters is 1. The third kappa shape index (κ3) is 12.9. The summed E-state index contributed by atoms with van der Waals surface area (Å²) >= 11 is 0. The number of likely N-dealkylation sites (tertiary alicyclic amines) is 1. The number of primary amides is 1. The Kier molecular flexibility index (Phi) is 17.2. The lowest BCUT2D eigenvalue weighted by molar-refractivity contribution is -0.154. The predicted molar refractivity (Wildman–Crippen MR) is 190 cm³/mol. The van der Waals surface area contributed by atoms with Gasteiger partial charge in [-0.15, -0.1) is 0 Å². The zero-order valence-corrected chi connectivity index (χ0v) is 30.8. The van der Waals surface area contributed by atoms with Gasteiger partial charge in [0, 0.05) is 12.6 Å². The molecule has 1 heterocycles. The first-order valence-corrected chi connectivity index (χ1v) is 17.8. The highest BCUT2D eigenvalue weighted by atomic mass is 16.5. The van der Waals surface area contributed by atoms with Crippen molar-refractivity contribution in [1.29, 1.82) is 0 Å². The Morgan fingerprint density at radius 3 is 2.08 bits per heavy atom. The van der Waals surface area contributed by atoms with Gasteiger partial charge in [0.05, 0.1) is 13.2 Å². The van der Waals surface area contributed by atoms with E-state index in [1.165, 1.54) is 26.2 Å². The van der Waals surface area contributed by atoms with E-state index >= 15 is 0 Å². The van der Waals surface area contributed by atoms with Crippen LogP contribution in [-0.2, 0) is 35.3 Å². The molecule has 0 aromatic heterocycles. The number of nitrogens with two attached hydrogens (primary N) is 1. The Bertz CT molecular complexity index is 1260. The van der Waals surface area contributed by atoms with E-state index < -0.39 is 29.0 Å². The molecule has 4 rings (SSSR count). The maximum atomic E-state index is 13.3. The molecule has 0 spiro atoms. The fraction of sp³-hybridized carbons (Fsp3) is 0.676. The average Bonchev–Trinajstić information content (AvgIpc) is 3.49. The predicted octanol–water partition coefficient (Wildman–Crippen LogP) is 4.15. The van der Waals surface area contributed by atoms with Crippen LogP contribution in [0, 0.1) is 11.3 Å². The molecule has 2 aliphatic carbocycles. The van der Waals surface area contributed by atoms with E-state index in [2.05, 4.69) is 21.7 Å². The van der Waals surface area contributed by atoms with Gasteiger partial charge < -0.3 is 36.1 Å². The Labute approximate surface area is 297 Å². The molecule has 3 aliphatic rings. The number of ether oxygens (including phenoxy) is 2. The van der Waals surface area contributed by atoms with Crippen LogP contribution in [0.4, 0.5) is 4.79 Å². The molecular formula is C37H59N5O8. The Morgan fingerprint density at radius 2 is 1.62 bits per heavy atom. The summed E-state index contributed by atoms with van der Waals surface area (Å²) in [5, 5.41) is 8.39. The highest BCUT2D eigenvalue weighted by Crippen LogP contribution is 2.32. The van der Waals surface area contributed by atoms with Crippen molar-refractivity contribution in [3.8, 4) is 5.75 Å². The number of nitrogens with zero attached hydrogens (tertiary/aromatic N) is 1. The third-order valence-corrected chi connectivity index (χ3v) is 9.76. The van der Waals surface area contributed by atoms with Gasteiger partial charge in [0.2, 0.25) is 18.7 Å². The maximum Gasteiger partial charge on any atom is 0.332 e. The van der Waals surface area contributed by atoms with E-state index in [1.807, 2.05) is 56.9 Å². The van der Waals surface area contributed by atoms with Crippen LogP contribution in [0.15, 0.2) is 24.3 Å². The summed E-state index contributed by atoms with van der Waals surface area (Å²) in [6.07, 6.45) is 11.0. The summed E-state index contributed by atoms with van der Waals surface area (Å²) in [5.74, 6) is 0.946. The molecule has 1 saturated heterocycles. The first kappa shape index (κ1) is 42.0. The van der Waals surface area contributed by atoms with E-state index in [4.69, 9.17) is 14.3 Å². The minimum atomic E-state index is -1.10. The molecule has 5 N–H and O–H groups in total. The molecule has 1 aliphatic heterocycles. The first-order chi connectivity index (χ1) is 23.7. The normalized spacial score (nSPS) is 19.3. The first-order valence-electron chi connectivity index (χ1n) is 17.8. The zero-order valence-electron chi connectivity index (χ0n) is 30.8. The van der Waals surface area contributed by atoms with Crippen LogP contribution in [0.5, 0.6) is 5.75 Å². The van der Waals surface area contributed by atoms with Gasteiger partial charge in [0.15, 0.2) is 5.78 Å². The molecule has 2 saturated carbocycles. The number of nitrogens with one attached hydrogen (secondary N) is 3. The number of urea groups is 1. The molecule has 0 bridgehead atoms. The SMILES string of the molecule is CC(=O)C(CC1CCC1)NC=O.COc1ccc(COC(=O)C2(NC(=O)NC(C(=O)N3CCCC3C)C(C)(C)C)CCCCC2)cc1.NC=O. The maximum absolute atomic E-state index is 13.3. The van der Waals surface area contributed by atoms with Crippen LogP contribution in [0.3, 0.4) is 0 Å². The number of amides is 5. The highest BCUT2D eigenvalue weighted by Gasteiger charge is 2.44. The van der Waals surface area contributed by atoms with Crippen LogP contribution in [-0.4, -0.2) is 78.7 Å². The summed E-state index contributed by atoms with van der Waals surface area (Å²) in [5.41, 5.74) is 3.43. The van der Waals surface area contributed by atoms with Gasteiger partial charge in [-0.1, -0.05) is 71.4 Å². The Morgan fingerprint density at radius 1 is 1.00 bits per heavy atom. The number of ketones is 1. The molecule has 1 aromatic rings. The zero-order chi connectivity index (χ0) is 37.3. The highest BCUT2D eigenvalue weighted by molar-refractivity contribution is 5.91. The number of carbonyl (C=O) groups excluding carboxylic acids is 6. The van der Waals surface area contributed by atoms with E-state index in [0.717, 1.165) is 49.8 Å². The second kappa shape index (κ2) is 20.5. The summed E-state index contributed by atoms with van der Waals surface area (Å²) in [6.45, 7) is 10.2. The number of benzene rings is 1. The monoisotopic (exact) mass is 701 g/mol. The summed E-state index contributed by atoms with van der Waals surface area (Å²) in [7, 11) is 1.60. The van der Waals surface area contributed by atoms with E-state index in [1.54, 1.807) is 7.11 Å². The van der Waals surface area contributed by atoms with Crippen molar-refractivity contribution in [2.75, 3.05) is 13.7 Å². The molecule has 280 valence electrons. The molecule has 13 nitrogen and oxygen atoms in total. The molecule has 3 fully saturated rings. The third-order valence-electron chi connectivity index (χ3n) is 9.76. The van der Waals surface area contributed by atoms with Crippen molar-refractivity contribution < 1.29 is 38.2 Å². The van der Waals surface area contributed by atoms with Gasteiger partial charge in [-0.2, -0.15) is 0 Å². The fourth-order valence-corrected chi connectivity index (χ4v) is 6.50. The van der Waals surface area contributed by atoms with Gasteiger partial charge in [-0.25, -0.2) is 9.59 Å². The number of hydrogen-bond donors (Lipinski definition) is 4. The van der Waals surface area contributed by atoms with E-state index in [0.29, 0.717) is 31.7 Å². The largest absolute Gasteiger partial charge is 0.497 e. The second-order valence-corrected chi connectivity index (χ2v) is 14.6. The lowest BCUT2D eigenvalue weighted by Crippen LogP contribution is -2.63. The average molecular weight is 702 g/mol. The Hall–Kier alpha value is -4.16. The van der Waals surface area contributed by atoms with Gasteiger partial charge in [0.25, 0.3) is 0 Å². The van der Waals surface area contributed by atoms with Crippen LogP contribution in [0.25, 0.3) is 0 Å². The number of carbonyl (C=O) groups is 6. The molecule has 0 radical (unpaired) electrons. The van der Waals surface area contributed by atoms with Gasteiger partial charge in [-0.3, -0.25) is 19.2 Å². The fourth-order valence-electron chi connectivity index (χ4n) is 6.50. The number of rotatable bonds is 12. The summed E-state index contributed by atoms with van der Waals surface area (Å²) in [4.78, 5) is 71.4. The molecule has 3 unspecified atom stereocenters. The molecule has 5 amide bonds. The van der Waals surface area contributed by atoms with Crippen molar-refractivity contribution in [2.24, 2.45) is 17.1 Å². The van der Waals surface area contributed by atoms with Crippen LogP contribution in [0.1, 0.15) is 111 Å². The summed E-state index contributed by atoms with van der Waals surface area (Å²) < 4.78 is 10.8. The smallest absolute Gasteiger partial charge is 0.332 e. The minimum Gasteiger partial charge on any atom is -0.497 e. The van der Waals surface area contributed by atoms with Gasteiger partial charge in [-0.05, 0) is 75.0 Å². The molecule has 1 aromatic carbocycles. The molecule has 13 heteroatoms. The number of hydrogen-bond acceptors (Lipinski definition) is 8. The van der Waals surface area contributed by atoms with Crippen molar-refractivity contribution >= 4 is 36.5 Å². The molecular weight excluding hydrogens is 642 g/mol. The lowest BCUT2D eigenvalue weighted by atomic mass is 9.80. The van der Waals surface area contributed by atoms with Gasteiger partial charge in [0.1, 0.15) is 23.9 Å². The standard InChI is InChI=1S/C27H41N3O5.C9H15NO2.CH3NO/c1-19-10-9-17-30(19)23(31)22(26(2,3)4)28-25(33)29-27(15-7-6-8-16-27)24(32)35-18-20-11-13-21(34-5)14-12-20;1-7(12)9(10-6-11)5-8-3-2-4-8;2-1-3/h11-14,19,22H,6-10,15-18H2,1-5H3,(H2,28,29,33);6,8-9H,2-5H2,1H3,(H,10,11);1H,(H2,2,3). The summed E-state index contributed by atoms with van der Waals surface area (Å²) in [6, 6.07) is 6.04. The van der Waals surface area contributed by atoms with E-state index in [9.17, 15) is 24.0 Å².